The zero-order valence-electron chi connectivity index (χ0n) is 13.3. The average molecular weight is 331 g/mol. The van der Waals surface area contributed by atoms with Gasteiger partial charge in [0.15, 0.2) is 0 Å². The summed E-state index contributed by atoms with van der Waals surface area (Å²) in [4.78, 5) is 12.1. The largest absolute Gasteiger partial charge is 0.461 e. The van der Waals surface area contributed by atoms with E-state index >= 15 is 0 Å². The van der Waals surface area contributed by atoms with Crippen LogP contribution < -0.4 is 5.73 Å². The summed E-state index contributed by atoms with van der Waals surface area (Å²) in [5.74, 6) is -2.23. The van der Waals surface area contributed by atoms with Crippen LogP contribution in [0.15, 0.2) is 30.3 Å². The highest BCUT2D eigenvalue weighted by molar-refractivity contribution is 5.73. The minimum absolute atomic E-state index is 0.0459. The SMILES string of the molecule is CCCCCC[C@H](C(=O)OCc1ccccc1)[C@H](N)C(F)(F)F. The molecule has 1 aromatic rings. The van der Waals surface area contributed by atoms with Gasteiger partial charge in [0.2, 0.25) is 0 Å². The maximum atomic E-state index is 12.9. The average Bonchev–Trinajstić information content (AvgIpc) is 2.52. The first-order valence-corrected chi connectivity index (χ1v) is 7.89. The Morgan fingerprint density at radius 2 is 1.83 bits per heavy atom. The highest BCUT2D eigenvalue weighted by Crippen LogP contribution is 2.28. The smallest absolute Gasteiger partial charge is 0.404 e. The van der Waals surface area contributed by atoms with Gasteiger partial charge in [0, 0.05) is 0 Å². The van der Waals surface area contributed by atoms with Gasteiger partial charge >= 0.3 is 12.1 Å². The lowest BCUT2D eigenvalue weighted by molar-refractivity contribution is -0.177. The Kier molecular flexibility index (Phi) is 8.09. The molecule has 2 atom stereocenters. The summed E-state index contributed by atoms with van der Waals surface area (Å²) in [5, 5.41) is 0. The van der Waals surface area contributed by atoms with Crippen molar-refractivity contribution in [1.29, 1.82) is 0 Å². The van der Waals surface area contributed by atoms with Crippen LogP contribution in [0, 0.1) is 5.92 Å². The van der Waals surface area contributed by atoms with E-state index in [1.807, 2.05) is 6.92 Å². The van der Waals surface area contributed by atoms with Gasteiger partial charge in [0.25, 0.3) is 0 Å². The molecule has 0 heterocycles. The molecule has 0 aliphatic rings. The van der Waals surface area contributed by atoms with Gasteiger partial charge < -0.3 is 10.5 Å². The van der Waals surface area contributed by atoms with E-state index in [-0.39, 0.29) is 13.0 Å². The van der Waals surface area contributed by atoms with Gasteiger partial charge in [-0.05, 0) is 12.0 Å². The van der Waals surface area contributed by atoms with Crippen LogP contribution in [0.1, 0.15) is 44.6 Å². The highest BCUT2D eigenvalue weighted by atomic mass is 19.4. The molecule has 2 N–H and O–H groups in total. The summed E-state index contributed by atoms with van der Waals surface area (Å²) in [5.41, 5.74) is 5.98. The predicted octanol–water partition coefficient (Wildman–Crippen LogP) is 4.21. The molecule has 130 valence electrons. The van der Waals surface area contributed by atoms with Crippen molar-refractivity contribution in [2.24, 2.45) is 11.7 Å². The molecule has 0 aromatic heterocycles. The van der Waals surface area contributed by atoms with Crippen molar-refractivity contribution in [3.05, 3.63) is 35.9 Å². The van der Waals surface area contributed by atoms with Gasteiger partial charge in [-0.25, -0.2) is 0 Å². The van der Waals surface area contributed by atoms with Crippen LogP contribution >= 0.6 is 0 Å². The third-order valence-electron chi connectivity index (χ3n) is 3.71. The van der Waals surface area contributed by atoms with E-state index in [1.165, 1.54) is 0 Å². The van der Waals surface area contributed by atoms with E-state index in [0.29, 0.717) is 6.42 Å². The molecule has 3 nitrogen and oxygen atoms in total. The van der Waals surface area contributed by atoms with E-state index in [2.05, 4.69) is 0 Å². The van der Waals surface area contributed by atoms with E-state index < -0.39 is 24.1 Å². The van der Waals surface area contributed by atoms with Gasteiger partial charge in [-0.3, -0.25) is 4.79 Å². The van der Waals surface area contributed by atoms with Crippen molar-refractivity contribution in [3.63, 3.8) is 0 Å². The number of benzene rings is 1. The monoisotopic (exact) mass is 331 g/mol. The molecule has 0 amide bonds. The van der Waals surface area contributed by atoms with Gasteiger partial charge in [0.05, 0.1) is 5.92 Å². The Labute approximate surface area is 135 Å². The third-order valence-corrected chi connectivity index (χ3v) is 3.71. The van der Waals surface area contributed by atoms with Gasteiger partial charge in [-0.2, -0.15) is 13.2 Å². The normalized spacial score (nSPS) is 14.3. The van der Waals surface area contributed by atoms with Crippen LogP contribution in [0.3, 0.4) is 0 Å². The number of hydrogen-bond donors (Lipinski definition) is 1. The molecule has 0 spiro atoms. The molecule has 0 saturated heterocycles. The summed E-state index contributed by atoms with van der Waals surface area (Å²) < 4.78 is 43.6. The lowest BCUT2D eigenvalue weighted by atomic mass is 9.93. The summed E-state index contributed by atoms with van der Waals surface area (Å²) in [7, 11) is 0. The third kappa shape index (κ3) is 7.03. The second kappa shape index (κ2) is 9.55. The van der Waals surface area contributed by atoms with Crippen molar-refractivity contribution in [2.45, 2.75) is 57.9 Å². The maximum Gasteiger partial charge on any atom is 0.404 e. The van der Waals surface area contributed by atoms with Gasteiger partial charge in [-0.1, -0.05) is 62.9 Å². The number of carbonyl (C=O) groups excluding carboxylic acids is 1. The van der Waals surface area contributed by atoms with E-state index in [4.69, 9.17) is 10.5 Å². The van der Waals surface area contributed by atoms with Crippen molar-refractivity contribution >= 4 is 5.97 Å². The number of halogens is 3. The first kappa shape index (κ1) is 19.5. The van der Waals surface area contributed by atoms with E-state index in [9.17, 15) is 18.0 Å². The fraction of sp³-hybridized carbons (Fsp3) is 0.588. The predicted molar refractivity (Wildman–Crippen MR) is 82.5 cm³/mol. The maximum absolute atomic E-state index is 12.9. The second-order valence-electron chi connectivity index (χ2n) is 5.62. The summed E-state index contributed by atoms with van der Waals surface area (Å²) in [6.45, 7) is 1.96. The van der Waals surface area contributed by atoms with Crippen LogP contribution in [0.4, 0.5) is 13.2 Å². The lowest BCUT2D eigenvalue weighted by Crippen LogP contribution is -2.47. The number of ether oxygens (including phenoxy) is 1. The zero-order valence-corrected chi connectivity index (χ0v) is 13.3. The minimum atomic E-state index is -4.61. The van der Waals surface area contributed by atoms with Crippen molar-refractivity contribution < 1.29 is 22.7 Å². The number of unbranched alkanes of at least 4 members (excludes halogenated alkanes) is 3. The summed E-state index contributed by atoms with van der Waals surface area (Å²) in [6, 6.07) is 6.65. The van der Waals surface area contributed by atoms with Gasteiger partial charge in [-0.15, -0.1) is 0 Å². The number of hydrogen-bond acceptors (Lipinski definition) is 3. The molecule has 0 aliphatic heterocycles. The Bertz CT molecular complexity index is 463. The van der Waals surface area contributed by atoms with Crippen LogP contribution in [-0.4, -0.2) is 18.2 Å². The molecule has 23 heavy (non-hydrogen) atoms. The molecule has 0 fully saturated rings. The van der Waals surface area contributed by atoms with Crippen LogP contribution in [0.5, 0.6) is 0 Å². The molecular weight excluding hydrogens is 307 g/mol. The molecule has 0 aliphatic carbocycles. The Morgan fingerprint density at radius 1 is 1.17 bits per heavy atom. The molecule has 6 heteroatoms. The Balaban J connectivity index is 2.63. The quantitative estimate of drug-likeness (QED) is 0.545. The summed E-state index contributed by atoms with van der Waals surface area (Å²) in [6.07, 6.45) is -1.32. The minimum Gasteiger partial charge on any atom is -0.461 e. The highest BCUT2D eigenvalue weighted by Gasteiger charge is 2.45. The molecule has 0 radical (unpaired) electrons. The first-order chi connectivity index (χ1) is 10.9. The first-order valence-electron chi connectivity index (χ1n) is 7.89. The topological polar surface area (TPSA) is 52.3 Å². The molecule has 1 rings (SSSR count). The number of esters is 1. The number of rotatable bonds is 9. The standard InChI is InChI=1S/C17H24F3NO2/c1-2-3-4-8-11-14(15(21)17(18,19)20)16(22)23-12-13-9-6-5-7-10-13/h5-7,9-10,14-15H,2-4,8,11-12,21H2,1H3/t14-,15-/m0/s1. The Hall–Kier alpha value is -1.56. The molecule has 0 bridgehead atoms. The number of nitrogens with two attached hydrogens (primary N) is 1. The lowest BCUT2D eigenvalue weighted by Gasteiger charge is -2.24. The zero-order chi connectivity index (χ0) is 17.3. The fourth-order valence-corrected chi connectivity index (χ4v) is 2.30. The van der Waals surface area contributed by atoms with Crippen LogP contribution in [0.2, 0.25) is 0 Å². The van der Waals surface area contributed by atoms with Crippen molar-refractivity contribution in [2.75, 3.05) is 0 Å². The fourth-order valence-electron chi connectivity index (χ4n) is 2.30. The van der Waals surface area contributed by atoms with Crippen LogP contribution in [-0.2, 0) is 16.1 Å². The summed E-state index contributed by atoms with van der Waals surface area (Å²) >= 11 is 0. The van der Waals surface area contributed by atoms with Crippen molar-refractivity contribution in [3.8, 4) is 0 Å². The van der Waals surface area contributed by atoms with E-state index in [1.54, 1.807) is 30.3 Å². The number of carbonyl (C=O) groups is 1. The second-order valence-corrected chi connectivity index (χ2v) is 5.62. The van der Waals surface area contributed by atoms with Crippen LogP contribution in [0.25, 0.3) is 0 Å². The number of alkyl halides is 3. The molecule has 0 unspecified atom stereocenters. The molecule has 1 aromatic carbocycles. The Morgan fingerprint density at radius 3 is 2.39 bits per heavy atom. The van der Waals surface area contributed by atoms with Gasteiger partial charge in [0.1, 0.15) is 12.6 Å². The van der Waals surface area contributed by atoms with E-state index in [0.717, 1.165) is 24.8 Å². The molecular formula is C17H24F3NO2. The molecule has 0 saturated carbocycles. The van der Waals surface area contributed by atoms with Crippen molar-refractivity contribution in [1.82, 2.24) is 0 Å².